The third-order valence-corrected chi connectivity index (χ3v) is 5.11. The van der Waals surface area contributed by atoms with Gasteiger partial charge in [0.2, 0.25) is 5.91 Å². The summed E-state index contributed by atoms with van der Waals surface area (Å²) in [5, 5.41) is 5.18. The number of carbonyl (C=O) groups excluding carboxylic acids is 2. The van der Waals surface area contributed by atoms with E-state index in [4.69, 9.17) is 4.74 Å². The molecule has 2 aromatic rings. The van der Waals surface area contributed by atoms with Crippen LogP contribution in [0.25, 0.3) is 0 Å². The minimum atomic E-state index is -0.460. The van der Waals surface area contributed by atoms with Gasteiger partial charge in [-0.05, 0) is 35.4 Å². The molecule has 2 N–H and O–H groups in total. The fraction of sp³-hybridized carbons (Fsp3) is 0.364. The number of hydrogen-bond donors (Lipinski definition) is 2. The highest BCUT2D eigenvalue weighted by molar-refractivity contribution is 5.84. The zero-order valence-electron chi connectivity index (χ0n) is 17.4. The molecule has 1 heterocycles. The van der Waals surface area contributed by atoms with Crippen molar-refractivity contribution in [3.8, 4) is 5.75 Å². The number of benzene rings is 2. The second-order valence-electron chi connectivity index (χ2n) is 7.29. The molecule has 0 spiro atoms. The smallest absolute Gasteiger partial charge is 0.315 e. The van der Waals surface area contributed by atoms with E-state index < -0.39 is 11.8 Å². The molecule has 31 heavy (non-hydrogen) atoms. The Bertz CT molecular complexity index is 900. The second kappa shape index (κ2) is 10.7. The zero-order valence-corrected chi connectivity index (χ0v) is 17.4. The standard InChI is InChI=1S/C22H26F2N4O3/c1-31-20-7-4-17(12-19(20)24)15-27-8-10-28(11-9-27)21(29)14-26-22(30)25-13-16-2-5-18(23)6-3-16/h2-7,12H,8-11,13-15H2,1H3,(H2,25,26,30). The van der Waals surface area contributed by atoms with E-state index in [1.807, 2.05) is 6.07 Å². The number of amides is 3. The fourth-order valence-electron chi connectivity index (χ4n) is 3.34. The monoisotopic (exact) mass is 432 g/mol. The van der Waals surface area contributed by atoms with Gasteiger partial charge in [0.25, 0.3) is 0 Å². The summed E-state index contributed by atoms with van der Waals surface area (Å²) in [6.45, 7) is 3.13. The highest BCUT2D eigenvalue weighted by Gasteiger charge is 2.21. The van der Waals surface area contributed by atoms with Crippen molar-refractivity contribution in [2.24, 2.45) is 0 Å². The lowest BCUT2D eigenvalue weighted by molar-refractivity contribution is -0.131. The highest BCUT2D eigenvalue weighted by atomic mass is 19.1. The van der Waals surface area contributed by atoms with E-state index in [2.05, 4.69) is 15.5 Å². The number of nitrogens with one attached hydrogen (secondary N) is 2. The summed E-state index contributed by atoms with van der Waals surface area (Å²) in [4.78, 5) is 28.1. The van der Waals surface area contributed by atoms with Crippen LogP contribution < -0.4 is 15.4 Å². The van der Waals surface area contributed by atoms with Gasteiger partial charge in [-0.25, -0.2) is 13.6 Å². The number of halogens is 2. The Hall–Kier alpha value is -3.20. The molecule has 0 bridgehead atoms. The molecular weight excluding hydrogens is 406 g/mol. The van der Waals surface area contributed by atoms with Crippen molar-refractivity contribution in [1.82, 2.24) is 20.4 Å². The molecule has 0 radical (unpaired) electrons. The number of rotatable bonds is 7. The SMILES string of the molecule is COc1ccc(CN2CCN(C(=O)CNC(=O)NCc3ccc(F)cc3)CC2)cc1F. The average molecular weight is 432 g/mol. The minimum Gasteiger partial charge on any atom is -0.494 e. The van der Waals surface area contributed by atoms with Gasteiger partial charge in [-0.3, -0.25) is 9.69 Å². The van der Waals surface area contributed by atoms with Crippen LogP contribution in [0.15, 0.2) is 42.5 Å². The lowest BCUT2D eigenvalue weighted by Gasteiger charge is -2.34. The topological polar surface area (TPSA) is 73.9 Å². The molecule has 3 rings (SSSR count). The third-order valence-electron chi connectivity index (χ3n) is 5.11. The zero-order chi connectivity index (χ0) is 22.2. The van der Waals surface area contributed by atoms with Gasteiger partial charge in [0, 0.05) is 39.3 Å². The maximum absolute atomic E-state index is 13.8. The molecule has 166 valence electrons. The van der Waals surface area contributed by atoms with Crippen molar-refractivity contribution >= 4 is 11.9 Å². The van der Waals surface area contributed by atoms with Crippen molar-refractivity contribution in [2.75, 3.05) is 39.8 Å². The molecule has 7 nitrogen and oxygen atoms in total. The van der Waals surface area contributed by atoms with Crippen LogP contribution in [0, 0.1) is 11.6 Å². The molecule has 0 aromatic heterocycles. The van der Waals surface area contributed by atoms with E-state index in [1.165, 1.54) is 25.3 Å². The first-order valence-corrected chi connectivity index (χ1v) is 10.0. The van der Waals surface area contributed by atoms with E-state index in [0.717, 1.165) is 11.1 Å². The first kappa shape index (κ1) is 22.5. The van der Waals surface area contributed by atoms with Crippen LogP contribution >= 0.6 is 0 Å². The van der Waals surface area contributed by atoms with Crippen LogP contribution in [-0.4, -0.2) is 61.6 Å². The van der Waals surface area contributed by atoms with Gasteiger partial charge in [-0.15, -0.1) is 0 Å². The third kappa shape index (κ3) is 6.65. The lowest BCUT2D eigenvalue weighted by Crippen LogP contribution is -2.51. The van der Waals surface area contributed by atoms with E-state index in [1.54, 1.807) is 23.1 Å². The number of carbonyl (C=O) groups is 2. The number of hydrogen-bond acceptors (Lipinski definition) is 4. The predicted octanol–water partition coefficient (Wildman–Crippen LogP) is 2.12. The normalized spacial score (nSPS) is 14.2. The Morgan fingerprint density at radius 3 is 2.29 bits per heavy atom. The molecule has 0 saturated carbocycles. The molecule has 9 heteroatoms. The van der Waals surface area contributed by atoms with Crippen LogP contribution in [0.5, 0.6) is 5.75 Å². The van der Waals surface area contributed by atoms with Crippen LogP contribution in [0.2, 0.25) is 0 Å². The Morgan fingerprint density at radius 2 is 1.65 bits per heavy atom. The molecule has 1 fully saturated rings. The van der Waals surface area contributed by atoms with Gasteiger partial charge in [-0.2, -0.15) is 0 Å². The summed E-state index contributed by atoms with van der Waals surface area (Å²) in [6.07, 6.45) is 0. The summed E-state index contributed by atoms with van der Waals surface area (Å²) in [7, 11) is 1.43. The first-order valence-electron chi connectivity index (χ1n) is 10.0. The molecule has 0 atom stereocenters. The number of methoxy groups -OCH3 is 1. The summed E-state index contributed by atoms with van der Waals surface area (Å²) in [5.41, 5.74) is 1.60. The van der Waals surface area contributed by atoms with Crippen LogP contribution in [-0.2, 0) is 17.9 Å². The van der Waals surface area contributed by atoms with Crippen molar-refractivity contribution in [3.63, 3.8) is 0 Å². The Labute approximate surface area is 180 Å². The molecule has 0 aliphatic carbocycles. The van der Waals surface area contributed by atoms with E-state index in [0.29, 0.717) is 32.7 Å². The first-order chi connectivity index (χ1) is 14.9. The molecule has 1 aliphatic heterocycles. The van der Waals surface area contributed by atoms with Crippen LogP contribution in [0.4, 0.5) is 13.6 Å². The molecule has 1 saturated heterocycles. The molecule has 2 aromatic carbocycles. The van der Waals surface area contributed by atoms with Crippen molar-refractivity contribution < 1.29 is 23.1 Å². The van der Waals surface area contributed by atoms with E-state index >= 15 is 0 Å². The Morgan fingerprint density at radius 1 is 0.968 bits per heavy atom. The summed E-state index contributed by atoms with van der Waals surface area (Å²) < 4.78 is 31.7. The summed E-state index contributed by atoms with van der Waals surface area (Å²) in [6, 6.07) is 10.3. The van der Waals surface area contributed by atoms with Gasteiger partial charge in [0.15, 0.2) is 11.6 Å². The maximum Gasteiger partial charge on any atom is 0.315 e. The highest BCUT2D eigenvalue weighted by Crippen LogP contribution is 2.19. The summed E-state index contributed by atoms with van der Waals surface area (Å²) >= 11 is 0. The molecule has 0 unspecified atom stereocenters. The van der Waals surface area contributed by atoms with Gasteiger partial charge in [0.1, 0.15) is 5.82 Å². The van der Waals surface area contributed by atoms with Crippen molar-refractivity contribution in [2.45, 2.75) is 13.1 Å². The van der Waals surface area contributed by atoms with Gasteiger partial charge >= 0.3 is 6.03 Å². The molecule has 3 amide bonds. The minimum absolute atomic E-state index is 0.0983. The lowest BCUT2D eigenvalue weighted by atomic mass is 10.2. The predicted molar refractivity (Wildman–Crippen MR) is 111 cm³/mol. The van der Waals surface area contributed by atoms with Crippen molar-refractivity contribution in [3.05, 3.63) is 65.2 Å². The number of piperazine rings is 1. The van der Waals surface area contributed by atoms with Crippen LogP contribution in [0.3, 0.4) is 0 Å². The number of ether oxygens (including phenoxy) is 1. The maximum atomic E-state index is 13.8. The van der Waals surface area contributed by atoms with Crippen molar-refractivity contribution in [1.29, 1.82) is 0 Å². The Balaban J connectivity index is 1.36. The average Bonchev–Trinajstić information content (AvgIpc) is 2.78. The molecular formula is C22H26F2N4O3. The number of urea groups is 1. The van der Waals surface area contributed by atoms with E-state index in [-0.39, 0.29) is 30.6 Å². The largest absolute Gasteiger partial charge is 0.494 e. The molecule has 1 aliphatic rings. The van der Waals surface area contributed by atoms with Gasteiger partial charge in [0.05, 0.1) is 13.7 Å². The van der Waals surface area contributed by atoms with Crippen LogP contribution in [0.1, 0.15) is 11.1 Å². The Kier molecular flexibility index (Phi) is 7.77. The number of nitrogens with zero attached hydrogens (tertiary/aromatic N) is 2. The van der Waals surface area contributed by atoms with E-state index in [9.17, 15) is 18.4 Å². The van der Waals surface area contributed by atoms with Gasteiger partial charge in [-0.1, -0.05) is 18.2 Å². The summed E-state index contributed by atoms with van der Waals surface area (Å²) in [5.74, 6) is -0.673. The van der Waals surface area contributed by atoms with Gasteiger partial charge < -0.3 is 20.3 Å². The quantitative estimate of drug-likeness (QED) is 0.703. The fourth-order valence-corrected chi connectivity index (χ4v) is 3.34. The second-order valence-corrected chi connectivity index (χ2v) is 7.29.